The Balaban J connectivity index is 1.58. The van der Waals surface area contributed by atoms with Crippen LogP contribution in [0.25, 0.3) is 0 Å². The van der Waals surface area contributed by atoms with Crippen molar-refractivity contribution in [1.82, 2.24) is 21.1 Å². The van der Waals surface area contributed by atoms with E-state index < -0.39 is 6.09 Å². The quantitative estimate of drug-likeness (QED) is 0.428. The summed E-state index contributed by atoms with van der Waals surface area (Å²) in [6, 6.07) is 9.38. The number of halogens is 1. The smallest absolute Gasteiger partial charge is 0.404 e. The highest BCUT2D eigenvalue weighted by Crippen LogP contribution is 2.23. The standard InChI is InChI=1S/C23H27ClN4O4S/c1-14-3-4-16(11-26-23(31)32)17(9-14)12-25-21(29)10-19-15(2)7-8-28(22(19)30)27-13-18-5-6-20(24)33-18/h3-6,9,26-27H,7-8,10-13H2,1-2H3,(H,25,29)(H,31,32). The molecule has 0 radical (unpaired) electrons. The van der Waals surface area contributed by atoms with E-state index in [-0.39, 0.29) is 31.3 Å². The van der Waals surface area contributed by atoms with Crippen molar-refractivity contribution in [2.75, 3.05) is 6.54 Å². The predicted molar refractivity (Wildman–Crippen MR) is 128 cm³/mol. The predicted octanol–water partition coefficient (Wildman–Crippen LogP) is 3.74. The Bertz CT molecular complexity index is 1080. The Morgan fingerprint density at radius 2 is 1.85 bits per heavy atom. The third-order valence-electron chi connectivity index (χ3n) is 5.41. The molecule has 33 heavy (non-hydrogen) atoms. The molecule has 2 aromatic rings. The molecule has 0 saturated carbocycles. The lowest BCUT2D eigenvalue weighted by Crippen LogP contribution is -2.46. The van der Waals surface area contributed by atoms with E-state index in [1.807, 2.05) is 44.2 Å². The van der Waals surface area contributed by atoms with Gasteiger partial charge in [0.1, 0.15) is 0 Å². The van der Waals surface area contributed by atoms with E-state index >= 15 is 0 Å². The number of thiophene rings is 1. The van der Waals surface area contributed by atoms with Gasteiger partial charge in [-0.25, -0.2) is 10.2 Å². The number of carbonyl (C=O) groups is 3. The topological polar surface area (TPSA) is 111 Å². The first-order valence-electron chi connectivity index (χ1n) is 10.5. The van der Waals surface area contributed by atoms with E-state index in [0.717, 1.165) is 27.1 Å². The molecule has 0 saturated heterocycles. The van der Waals surface area contributed by atoms with Crippen molar-refractivity contribution in [2.45, 2.75) is 46.3 Å². The van der Waals surface area contributed by atoms with Crippen molar-refractivity contribution >= 4 is 40.8 Å². The number of hydrogen-bond acceptors (Lipinski definition) is 5. The van der Waals surface area contributed by atoms with Crippen molar-refractivity contribution in [3.05, 3.63) is 67.4 Å². The molecule has 3 amide bonds. The van der Waals surface area contributed by atoms with Gasteiger partial charge in [0, 0.05) is 36.6 Å². The van der Waals surface area contributed by atoms with Crippen LogP contribution in [-0.2, 0) is 29.2 Å². The van der Waals surface area contributed by atoms with Gasteiger partial charge >= 0.3 is 6.09 Å². The Morgan fingerprint density at radius 1 is 1.09 bits per heavy atom. The summed E-state index contributed by atoms with van der Waals surface area (Å²) in [5.41, 5.74) is 7.16. The van der Waals surface area contributed by atoms with Gasteiger partial charge in [-0.05, 0) is 43.5 Å². The van der Waals surface area contributed by atoms with Gasteiger partial charge in [-0.15, -0.1) is 11.3 Å². The maximum absolute atomic E-state index is 13.0. The minimum Gasteiger partial charge on any atom is -0.465 e. The first kappa shape index (κ1) is 24.8. The van der Waals surface area contributed by atoms with Crippen LogP contribution in [0.2, 0.25) is 4.34 Å². The monoisotopic (exact) mass is 490 g/mol. The Morgan fingerprint density at radius 3 is 2.55 bits per heavy atom. The molecule has 1 aromatic carbocycles. The van der Waals surface area contributed by atoms with Crippen LogP contribution in [0.5, 0.6) is 0 Å². The van der Waals surface area contributed by atoms with E-state index in [1.165, 1.54) is 11.3 Å². The number of carbonyl (C=O) groups excluding carboxylic acids is 2. The van der Waals surface area contributed by atoms with Crippen molar-refractivity contribution in [3.63, 3.8) is 0 Å². The van der Waals surface area contributed by atoms with Gasteiger partial charge < -0.3 is 15.7 Å². The maximum atomic E-state index is 13.0. The van der Waals surface area contributed by atoms with Crippen molar-refractivity contribution in [3.8, 4) is 0 Å². The number of amides is 3. The van der Waals surface area contributed by atoms with Crippen LogP contribution in [0.4, 0.5) is 4.79 Å². The molecule has 0 atom stereocenters. The summed E-state index contributed by atoms with van der Waals surface area (Å²) in [5, 5.41) is 15.6. The van der Waals surface area contributed by atoms with Crippen molar-refractivity contribution < 1.29 is 19.5 Å². The average molecular weight is 491 g/mol. The fourth-order valence-corrected chi connectivity index (χ4v) is 4.57. The van der Waals surface area contributed by atoms with Crippen LogP contribution in [0.15, 0.2) is 41.5 Å². The van der Waals surface area contributed by atoms with Gasteiger partial charge in [-0.2, -0.15) is 0 Å². The number of hydrogen-bond donors (Lipinski definition) is 4. The van der Waals surface area contributed by atoms with Crippen molar-refractivity contribution in [1.29, 1.82) is 0 Å². The molecule has 1 aliphatic heterocycles. The molecule has 2 heterocycles. The van der Waals surface area contributed by atoms with Gasteiger partial charge in [0.15, 0.2) is 0 Å². The number of nitrogens with one attached hydrogen (secondary N) is 3. The average Bonchev–Trinajstić information content (AvgIpc) is 3.19. The van der Waals surface area contributed by atoms with Crippen LogP contribution >= 0.6 is 22.9 Å². The molecule has 3 rings (SSSR count). The first-order valence-corrected chi connectivity index (χ1v) is 11.7. The lowest BCUT2D eigenvalue weighted by Gasteiger charge is -2.29. The molecule has 0 fully saturated rings. The Labute approximate surface area is 201 Å². The largest absolute Gasteiger partial charge is 0.465 e. The fourth-order valence-electron chi connectivity index (χ4n) is 3.55. The summed E-state index contributed by atoms with van der Waals surface area (Å²) in [7, 11) is 0. The zero-order valence-electron chi connectivity index (χ0n) is 18.5. The molecule has 4 N–H and O–H groups in total. The third-order valence-corrected chi connectivity index (χ3v) is 6.64. The van der Waals surface area contributed by atoms with Gasteiger partial charge in [0.05, 0.1) is 10.8 Å². The molecule has 8 nitrogen and oxygen atoms in total. The van der Waals surface area contributed by atoms with E-state index in [9.17, 15) is 14.4 Å². The van der Waals surface area contributed by atoms with E-state index in [0.29, 0.717) is 29.4 Å². The molecular weight excluding hydrogens is 464 g/mol. The molecule has 0 unspecified atom stereocenters. The zero-order chi connectivity index (χ0) is 24.0. The molecule has 1 aliphatic rings. The second-order valence-electron chi connectivity index (χ2n) is 7.89. The zero-order valence-corrected chi connectivity index (χ0v) is 20.1. The van der Waals surface area contributed by atoms with Gasteiger partial charge in [-0.1, -0.05) is 40.9 Å². The SMILES string of the molecule is CC1=C(CC(=O)NCc2cc(C)ccc2CNC(=O)O)C(=O)N(NCc2ccc(Cl)s2)CC1. The van der Waals surface area contributed by atoms with E-state index in [2.05, 4.69) is 16.1 Å². The third kappa shape index (κ3) is 7.05. The van der Waals surface area contributed by atoms with Crippen LogP contribution in [-0.4, -0.2) is 34.6 Å². The Kier molecular flexibility index (Phi) is 8.49. The Hall–Kier alpha value is -2.88. The highest BCUT2D eigenvalue weighted by atomic mass is 35.5. The van der Waals surface area contributed by atoms with E-state index in [4.69, 9.17) is 16.7 Å². The summed E-state index contributed by atoms with van der Waals surface area (Å²) >= 11 is 7.42. The normalized spacial score (nSPS) is 13.9. The molecule has 0 spiro atoms. The number of aryl methyl sites for hydroxylation is 1. The lowest BCUT2D eigenvalue weighted by molar-refractivity contribution is -0.132. The molecule has 176 valence electrons. The van der Waals surface area contributed by atoms with Gasteiger partial charge in [0.25, 0.3) is 5.91 Å². The minimum absolute atomic E-state index is 0.0117. The van der Waals surface area contributed by atoms with Gasteiger partial charge in [-0.3, -0.25) is 14.6 Å². The number of rotatable bonds is 9. The minimum atomic E-state index is -1.11. The highest BCUT2D eigenvalue weighted by Gasteiger charge is 2.26. The van der Waals surface area contributed by atoms with Crippen LogP contribution in [0.1, 0.15) is 41.3 Å². The highest BCUT2D eigenvalue weighted by molar-refractivity contribution is 7.16. The fraction of sp³-hybridized carbons (Fsp3) is 0.348. The van der Waals surface area contributed by atoms with Crippen LogP contribution in [0.3, 0.4) is 0 Å². The van der Waals surface area contributed by atoms with Gasteiger partial charge in [0.2, 0.25) is 5.91 Å². The molecule has 10 heteroatoms. The molecule has 0 aliphatic carbocycles. The van der Waals surface area contributed by atoms with Crippen molar-refractivity contribution in [2.24, 2.45) is 0 Å². The molecule has 0 bridgehead atoms. The first-order chi connectivity index (χ1) is 15.7. The number of benzene rings is 1. The van der Waals surface area contributed by atoms with E-state index in [1.54, 1.807) is 5.01 Å². The van der Waals surface area contributed by atoms with Crippen LogP contribution < -0.4 is 16.1 Å². The lowest BCUT2D eigenvalue weighted by atomic mass is 9.98. The summed E-state index contributed by atoms with van der Waals surface area (Å²) in [6.45, 7) is 5.24. The number of carboxylic acid groups (broad SMARTS) is 1. The number of nitrogens with zero attached hydrogens (tertiary/aromatic N) is 1. The second-order valence-corrected chi connectivity index (χ2v) is 9.69. The molecular formula is C23H27ClN4O4S. The summed E-state index contributed by atoms with van der Waals surface area (Å²) in [5.74, 6) is -0.457. The summed E-state index contributed by atoms with van der Waals surface area (Å²) < 4.78 is 0.695. The summed E-state index contributed by atoms with van der Waals surface area (Å²) in [4.78, 5) is 37.5. The second kappa shape index (κ2) is 11.3. The summed E-state index contributed by atoms with van der Waals surface area (Å²) in [6.07, 6.45) is -0.429. The van der Waals surface area contributed by atoms with Crippen LogP contribution in [0, 0.1) is 6.92 Å². The number of hydrazine groups is 1. The maximum Gasteiger partial charge on any atom is 0.404 e. The molecule has 1 aromatic heterocycles.